The van der Waals surface area contributed by atoms with E-state index in [9.17, 15) is 14.0 Å². The highest BCUT2D eigenvalue weighted by molar-refractivity contribution is 5.80. The predicted octanol–water partition coefficient (Wildman–Crippen LogP) is 4.77. The summed E-state index contributed by atoms with van der Waals surface area (Å²) in [7, 11) is 0. The van der Waals surface area contributed by atoms with Gasteiger partial charge in [-0.05, 0) is 48.9 Å². The number of para-hydroxylation sites is 2. The van der Waals surface area contributed by atoms with E-state index >= 15 is 0 Å². The molecule has 0 saturated carbocycles. The first kappa shape index (κ1) is 20.5. The minimum atomic E-state index is -0.533. The van der Waals surface area contributed by atoms with Gasteiger partial charge in [-0.3, -0.25) is 14.7 Å². The fraction of sp³-hybridized carbons (Fsp3) is 0.0769. The molecule has 0 aliphatic rings. The third kappa shape index (κ3) is 3.85. The number of aromatic amines is 1. The summed E-state index contributed by atoms with van der Waals surface area (Å²) >= 11 is 0. The maximum Gasteiger partial charge on any atom is 0.280 e. The van der Waals surface area contributed by atoms with Gasteiger partial charge < -0.3 is 9.30 Å². The van der Waals surface area contributed by atoms with Crippen molar-refractivity contribution < 1.29 is 9.13 Å². The van der Waals surface area contributed by atoms with Crippen molar-refractivity contribution in [3.8, 4) is 17.2 Å². The standard InChI is InChI=1S/C26H20FN3O3/c1-17-25-22(28-30(26(25)32)23-13-6-5-12-21(23)27)15-24(31)29(17)16-18-8-7-11-20(14-18)33-19-9-3-2-4-10-19/h2-15,28H,16H2,1H3. The Hall–Kier alpha value is -4.39. The summed E-state index contributed by atoms with van der Waals surface area (Å²) in [5.74, 6) is 0.828. The van der Waals surface area contributed by atoms with Crippen molar-refractivity contribution in [2.75, 3.05) is 0 Å². The van der Waals surface area contributed by atoms with Crippen molar-refractivity contribution in [3.63, 3.8) is 0 Å². The maximum atomic E-state index is 14.3. The van der Waals surface area contributed by atoms with Crippen molar-refractivity contribution in [3.05, 3.63) is 123 Å². The number of nitrogens with one attached hydrogen (secondary N) is 1. The highest BCUT2D eigenvalue weighted by Gasteiger charge is 2.17. The van der Waals surface area contributed by atoms with Gasteiger partial charge in [-0.2, -0.15) is 0 Å². The van der Waals surface area contributed by atoms with E-state index in [1.165, 1.54) is 22.8 Å². The molecule has 5 aromatic rings. The van der Waals surface area contributed by atoms with Crippen LogP contribution in [0.3, 0.4) is 0 Å². The molecule has 2 heterocycles. The Kier molecular flexibility index (Phi) is 5.14. The Balaban J connectivity index is 1.54. The zero-order chi connectivity index (χ0) is 22.9. The molecular formula is C26H20FN3O3. The highest BCUT2D eigenvalue weighted by atomic mass is 19.1. The van der Waals surface area contributed by atoms with E-state index in [0.29, 0.717) is 28.1 Å². The first-order chi connectivity index (χ1) is 16.0. The minimum absolute atomic E-state index is 0.0999. The number of pyridine rings is 1. The van der Waals surface area contributed by atoms with Gasteiger partial charge in [-0.1, -0.05) is 42.5 Å². The summed E-state index contributed by atoms with van der Waals surface area (Å²) in [4.78, 5) is 26.0. The molecular weight excluding hydrogens is 421 g/mol. The zero-order valence-electron chi connectivity index (χ0n) is 17.8. The Morgan fingerprint density at radius 1 is 0.879 bits per heavy atom. The monoisotopic (exact) mass is 441 g/mol. The molecule has 5 rings (SSSR count). The number of benzene rings is 3. The molecule has 0 aliphatic heterocycles. The van der Waals surface area contributed by atoms with E-state index in [4.69, 9.17) is 4.74 Å². The molecule has 0 amide bonds. The van der Waals surface area contributed by atoms with Crippen LogP contribution >= 0.6 is 0 Å². The number of nitrogens with zero attached hydrogens (tertiary/aromatic N) is 2. The van der Waals surface area contributed by atoms with Gasteiger partial charge in [0.25, 0.3) is 11.1 Å². The molecule has 0 unspecified atom stereocenters. The van der Waals surface area contributed by atoms with E-state index in [0.717, 1.165) is 10.2 Å². The summed E-state index contributed by atoms with van der Waals surface area (Å²) in [6.45, 7) is 1.98. The third-order valence-corrected chi connectivity index (χ3v) is 5.53. The van der Waals surface area contributed by atoms with E-state index in [2.05, 4.69) is 5.10 Å². The van der Waals surface area contributed by atoms with Crippen LogP contribution < -0.4 is 15.9 Å². The van der Waals surface area contributed by atoms with Gasteiger partial charge in [0.1, 0.15) is 23.0 Å². The number of halogens is 1. The molecule has 33 heavy (non-hydrogen) atoms. The molecule has 6 nitrogen and oxygen atoms in total. The Labute approximate surface area is 188 Å². The molecule has 2 aromatic heterocycles. The first-order valence-corrected chi connectivity index (χ1v) is 10.4. The Bertz CT molecular complexity index is 1580. The van der Waals surface area contributed by atoms with Gasteiger partial charge in [0.05, 0.1) is 17.4 Å². The molecule has 0 atom stereocenters. The molecule has 1 N–H and O–H groups in total. The van der Waals surface area contributed by atoms with Crippen molar-refractivity contribution in [1.29, 1.82) is 0 Å². The number of H-pyrrole nitrogens is 1. The van der Waals surface area contributed by atoms with Gasteiger partial charge in [0, 0.05) is 11.8 Å². The lowest BCUT2D eigenvalue weighted by molar-refractivity contribution is 0.481. The second kappa shape index (κ2) is 8.27. The van der Waals surface area contributed by atoms with E-state index in [1.54, 1.807) is 19.1 Å². The van der Waals surface area contributed by atoms with Gasteiger partial charge >= 0.3 is 0 Å². The lowest BCUT2D eigenvalue weighted by Gasteiger charge is -2.12. The van der Waals surface area contributed by atoms with Crippen LogP contribution in [0.25, 0.3) is 16.6 Å². The molecule has 0 saturated heterocycles. The summed E-state index contributed by atoms with van der Waals surface area (Å²) in [6, 6.07) is 24.2. The normalized spacial score (nSPS) is 11.1. The lowest BCUT2D eigenvalue weighted by atomic mass is 10.2. The number of ether oxygens (including phenoxy) is 1. The maximum absolute atomic E-state index is 14.3. The largest absolute Gasteiger partial charge is 0.457 e. The van der Waals surface area contributed by atoms with Gasteiger partial charge in [0.2, 0.25) is 0 Å². The third-order valence-electron chi connectivity index (χ3n) is 5.53. The predicted molar refractivity (Wildman–Crippen MR) is 125 cm³/mol. The van der Waals surface area contributed by atoms with Crippen molar-refractivity contribution in [2.45, 2.75) is 13.5 Å². The van der Waals surface area contributed by atoms with Crippen LogP contribution in [0, 0.1) is 12.7 Å². The topological polar surface area (TPSA) is 69.0 Å². The lowest BCUT2D eigenvalue weighted by Crippen LogP contribution is -2.24. The number of aryl methyl sites for hydroxylation is 1. The molecule has 164 valence electrons. The minimum Gasteiger partial charge on any atom is -0.457 e. The average Bonchev–Trinajstić information content (AvgIpc) is 3.13. The summed E-state index contributed by atoms with van der Waals surface area (Å²) < 4.78 is 22.8. The Morgan fingerprint density at radius 3 is 2.39 bits per heavy atom. The van der Waals surface area contributed by atoms with Crippen molar-refractivity contribution in [2.24, 2.45) is 0 Å². The van der Waals surface area contributed by atoms with Crippen LogP contribution in [0.5, 0.6) is 11.5 Å². The fourth-order valence-electron chi connectivity index (χ4n) is 3.92. The number of aromatic nitrogens is 3. The van der Waals surface area contributed by atoms with Crippen molar-refractivity contribution >= 4 is 10.9 Å². The van der Waals surface area contributed by atoms with Gasteiger partial charge in [0.15, 0.2) is 0 Å². The van der Waals surface area contributed by atoms with E-state index in [-0.39, 0.29) is 17.8 Å². The number of hydrogen-bond donors (Lipinski definition) is 1. The summed E-state index contributed by atoms with van der Waals surface area (Å²) in [5, 5.41) is 3.20. The first-order valence-electron chi connectivity index (χ1n) is 10.4. The molecule has 7 heteroatoms. The van der Waals surface area contributed by atoms with Crippen LogP contribution in [0.15, 0.2) is 94.5 Å². The smallest absolute Gasteiger partial charge is 0.280 e. The van der Waals surface area contributed by atoms with Crippen LogP contribution in [0.2, 0.25) is 0 Å². The second-order valence-electron chi connectivity index (χ2n) is 7.71. The van der Waals surface area contributed by atoms with Crippen LogP contribution in [0.1, 0.15) is 11.3 Å². The summed E-state index contributed by atoms with van der Waals surface area (Å²) in [6.07, 6.45) is 0. The molecule has 0 spiro atoms. The number of hydrogen-bond acceptors (Lipinski definition) is 3. The molecule has 3 aromatic carbocycles. The molecule has 0 aliphatic carbocycles. The van der Waals surface area contributed by atoms with Gasteiger partial charge in [-0.15, -0.1) is 0 Å². The highest BCUT2D eigenvalue weighted by Crippen LogP contribution is 2.23. The zero-order valence-corrected chi connectivity index (χ0v) is 17.8. The van der Waals surface area contributed by atoms with E-state index < -0.39 is 11.4 Å². The van der Waals surface area contributed by atoms with Crippen molar-refractivity contribution in [1.82, 2.24) is 14.3 Å². The quantitative estimate of drug-likeness (QED) is 0.427. The molecule has 0 fully saturated rings. The van der Waals surface area contributed by atoms with Crippen LogP contribution in [-0.4, -0.2) is 14.3 Å². The molecule has 0 bridgehead atoms. The Morgan fingerprint density at radius 2 is 1.61 bits per heavy atom. The van der Waals surface area contributed by atoms with Crippen LogP contribution in [0.4, 0.5) is 4.39 Å². The summed E-state index contributed by atoms with van der Waals surface area (Å²) in [5.41, 5.74) is 1.13. The fourth-order valence-corrected chi connectivity index (χ4v) is 3.92. The number of rotatable bonds is 5. The second-order valence-corrected chi connectivity index (χ2v) is 7.71. The van der Waals surface area contributed by atoms with E-state index in [1.807, 2.05) is 54.6 Å². The van der Waals surface area contributed by atoms with Crippen LogP contribution in [-0.2, 0) is 6.54 Å². The molecule has 0 radical (unpaired) electrons. The number of fused-ring (bicyclic) bond motifs is 1. The van der Waals surface area contributed by atoms with Gasteiger partial charge in [-0.25, -0.2) is 9.07 Å². The SMILES string of the molecule is Cc1c2c(=O)n(-c3ccccc3F)[nH]c2cc(=O)n1Cc1cccc(Oc2ccccc2)c1. The average molecular weight is 441 g/mol.